The average molecular weight is 204 g/mol. The van der Waals surface area contributed by atoms with Crippen LogP contribution in [0.15, 0.2) is 24.3 Å². The maximum absolute atomic E-state index is 7.67. The smallest absolute Gasteiger partial charge is 0.118 e. The minimum Gasteiger partial charge on any atom is -0.497 e. The van der Waals surface area contributed by atoms with Gasteiger partial charge in [0.05, 0.1) is 12.5 Å². The second-order valence-corrected chi connectivity index (χ2v) is 4.22. The van der Waals surface area contributed by atoms with Crippen LogP contribution in [0, 0.1) is 11.3 Å². The first-order chi connectivity index (χ1) is 7.11. The molecule has 0 heterocycles. The van der Waals surface area contributed by atoms with Gasteiger partial charge in [-0.05, 0) is 30.0 Å². The predicted octanol–water partition coefficient (Wildman–Crippen LogP) is 1.91. The van der Waals surface area contributed by atoms with Crippen molar-refractivity contribution in [3.05, 3.63) is 29.8 Å². The Kier molecular flexibility index (Phi) is 2.18. The number of amidine groups is 1. The van der Waals surface area contributed by atoms with Crippen molar-refractivity contribution in [2.75, 3.05) is 7.11 Å². The summed E-state index contributed by atoms with van der Waals surface area (Å²) in [5.74, 6) is 1.59. The van der Waals surface area contributed by atoms with Crippen LogP contribution >= 0.6 is 0 Å². The molecule has 3 N–H and O–H groups in total. The van der Waals surface area contributed by atoms with Gasteiger partial charge in [-0.2, -0.15) is 0 Å². The van der Waals surface area contributed by atoms with Crippen LogP contribution in [-0.4, -0.2) is 12.9 Å². The van der Waals surface area contributed by atoms with Gasteiger partial charge in [-0.15, -0.1) is 0 Å². The minimum absolute atomic E-state index is 0.202. The van der Waals surface area contributed by atoms with E-state index < -0.39 is 0 Å². The molecule has 15 heavy (non-hydrogen) atoms. The lowest BCUT2D eigenvalue weighted by Gasteiger charge is -2.15. The molecule has 1 aliphatic rings. The number of benzene rings is 1. The Morgan fingerprint density at radius 2 is 2.00 bits per heavy atom. The summed E-state index contributed by atoms with van der Waals surface area (Å²) in [5.41, 5.74) is 6.60. The van der Waals surface area contributed by atoms with Crippen LogP contribution in [0.3, 0.4) is 0 Å². The molecule has 0 spiro atoms. The van der Waals surface area contributed by atoms with Gasteiger partial charge in [-0.3, -0.25) is 5.41 Å². The highest BCUT2D eigenvalue weighted by Crippen LogP contribution is 2.53. The number of methoxy groups -OCH3 is 1. The van der Waals surface area contributed by atoms with Crippen LogP contribution in [0.2, 0.25) is 0 Å². The van der Waals surface area contributed by atoms with E-state index >= 15 is 0 Å². The normalized spacial score (nSPS) is 28.5. The predicted molar refractivity (Wildman–Crippen MR) is 60.4 cm³/mol. The molecule has 0 radical (unpaired) electrons. The van der Waals surface area contributed by atoms with Crippen molar-refractivity contribution < 1.29 is 4.74 Å². The van der Waals surface area contributed by atoms with Crippen molar-refractivity contribution in [2.45, 2.75) is 18.8 Å². The summed E-state index contributed by atoms with van der Waals surface area (Å²) in [4.78, 5) is 0. The Morgan fingerprint density at radius 1 is 1.47 bits per heavy atom. The Morgan fingerprint density at radius 3 is 2.33 bits per heavy atom. The van der Waals surface area contributed by atoms with E-state index in [1.165, 1.54) is 0 Å². The highest BCUT2D eigenvalue weighted by Gasteiger charge is 2.55. The second kappa shape index (κ2) is 3.26. The first-order valence-corrected chi connectivity index (χ1v) is 5.10. The zero-order valence-corrected chi connectivity index (χ0v) is 9.08. The van der Waals surface area contributed by atoms with Crippen molar-refractivity contribution in [1.29, 1.82) is 5.41 Å². The summed E-state index contributed by atoms with van der Waals surface area (Å²) in [7, 11) is 1.65. The number of hydrogen-bond acceptors (Lipinski definition) is 2. The number of rotatable bonds is 3. The summed E-state index contributed by atoms with van der Waals surface area (Å²) >= 11 is 0. The first-order valence-electron chi connectivity index (χ1n) is 5.10. The quantitative estimate of drug-likeness (QED) is 0.583. The molecular weight excluding hydrogens is 188 g/mol. The van der Waals surface area contributed by atoms with Gasteiger partial charge in [0.15, 0.2) is 0 Å². The molecule has 1 fully saturated rings. The Balaban J connectivity index is 2.33. The van der Waals surface area contributed by atoms with E-state index in [0.717, 1.165) is 17.7 Å². The molecule has 0 bridgehead atoms. The van der Waals surface area contributed by atoms with Gasteiger partial charge in [0, 0.05) is 0 Å². The van der Waals surface area contributed by atoms with E-state index in [1.807, 2.05) is 24.3 Å². The third-order valence-electron chi connectivity index (χ3n) is 3.40. The molecule has 2 unspecified atom stereocenters. The zero-order chi connectivity index (χ0) is 11.1. The number of nitrogens with two attached hydrogens (primary N) is 1. The summed E-state index contributed by atoms with van der Waals surface area (Å²) < 4.78 is 5.10. The zero-order valence-electron chi connectivity index (χ0n) is 9.08. The molecule has 3 nitrogen and oxygen atoms in total. The molecule has 2 rings (SSSR count). The SMILES string of the molecule is COc1ccc(C2(C(=N)N)CC2C)cc1. The maximum Gasteiger partial charge on any atom is 0.118 e. The van der Waals surface area contributed by atoms with Crippen molar-refractivity contribution in [2.24, 2.45) is 11.7 Å². The van der Waals surface area contributed by atoms with E-state index in [1.54, 1.807) is 7.11 Å². The van der Waals surface area contributed by atoms with Gasteiger partial charge in [0.25, 0.3) is 0 Å². The van der Waals surface area contributed by atoms with E-state index in [2.05, 4.69) is 6.92 Å². The topological polar surface area (TPSA) is 59.1 Å². The van der Waals surface area contributed by atoms with Crippen molar-refractivity contribution in [3.63, 3.8) is 0 Å². The van der Waals surface area contributed by atoms with Crippen LogP contribution in [0.5, 0.6) is 5.75 Å². The van der Waals surface area contributed by atoms with Crippen molar-refractivity contribution >= 4 is 5.84 Å². The molecule has 3 heteroatoms. The van der Waals surface area contributed by atoms with E-state index in [4.69, 9.17) is 15.9 Å². The molecule has 0 aromatic heterocycles. The first kappa shape index (κ1) is 10.0. The van der Waals surface area contributed by atoms with Gasteiger partial charge < -0.3 is 10.5 Å². The molecular formula is C12H16N2O. The largest absolute Gasteiger partial charge is 0.497 e. The lowest BCUT2D eigenvalue weighted by atomic mass is 9.92. The van der Waals surface area contributed by atoms with Crippen molar-refractivity contribution in [3.8, 4) is 5.75 Å². The summed E-state index contributed by atoms with van der Waals surface area (Å²) in [6.45, 7) is 2.13. The fourth-order valence-corrected chi connectivity index (χ4v) is 2.25. The third kappa shape index (κ3) is 1.39. The molecule has 2 atom stereocenters. The van der Waals surface area contributed by atoms with Gasteiger partial charge >= 0.3 is 0 Å². The van der Waals surface area contributed by atoms with Gasteiger partial charge in [-0.1, -0.05) is 19.1 Å². The van der Waals surface area contributed by atoms with Gasteiger partial charge in [0.1, 0.15) is 11.6 Å². The van der Waals surface area contributed by atoms with Gasteiger partial charge in [0.2, 0.25) is 0 Å². The number of ether oxygens (including phenoxy) is 1. The van der Waals surface area contributed by atoms with Crippen LogP contribution in [0.25, 0.3) is 0 Å². The van der Waals surface area contributed by atoms with E-state index in [9.17, 15) is 0 Å². The number of nitrogens with one attached hydrogen (secondary N) is 1. The molecule has 0 saturated heterocycles. The molecule has 1 saturated carbocycles. The minimum atomic E-state index is -0.202. The molecule has 1 aromatic rings. The van der Waals surface area contributed by atoms with Crippen LogP contribution < -0.4 is 10.5 Å². The van der Waals surface area contributed by atoms with Crippen LogP contribution in [-0.2, 0) is 5.41 Å². The Bertz CT molecular complexity index is 385. The van der Waals surface area contributed by atoms with Crippen LogP contribution in [0.4, 0.5) is 0 Å². The molecule has 80 valence electrons. The summed E-state index contributed by atoms with van der Waals surface area (Å²) in [6, 6.07) is 7.85. The van der Waals surface area contributed by atoms with E-state index in [0.29, 0.717) is 5.92 Å². The third-order valence-corrected chi connectivity index (χ3v) is 3.40. The fraction of sp³-hybridized carbons (Fsp3) is 0.417. The summed E-state index contributed by atoms with van der Waals surface area (Å²) in [5, 5.41) is 7.67. The lowest BCUT2D eigenvalue weighted by molar-refractivity contribution is 0.414. The highest BCUT2D eigenvalue weighted by molar-refractivity contribution is 5.92. The second-order valence-electron chi connectivity index (χ2n) is 4.22. The van der Waals surface area contributed by atoms with Crippen LogP contribution in [0.1, 0.15) is 18.9 Å². The molecule has 1 aromatic carbocycles. The molecule has 0 amide bonds. The van der Waals surface area contributed by atoms with E-state index in [-0.39, 0.29) is 11.3 Å². The highest BCUT2D eigenvalue weighted by atomic mass is 16.5. The Labute approximate surface area is 89.8 Å². The average Bonchev–Trinajstić information content (AvgIpc) is 2.92. The van der Waals surface area contributed by atoms with Crippen molar-refractivity contribution in [1.82, 2.24) is 0 Å². The summed E-state index contributed by atoms with van der Waals surface area (Å²) in [6.07, 6.45) is 0.981. The van der Waals surface area contributed by atoms with Gasteiger partial charge in [-0.25, -0.2) is 0 Å². The Hall–Kier alpha value is -1.51. The monoisotopic (exact) mass is 204 g/mol. The molecule has 0 aliphatic heterocycles. The number of hydrogen-bond donors (Lipinski definition) is 2. The molecule has 1 aliphatic carbocycles. The standard InChI is InChI=1S/C12H16N2O/c1-8-7-12(8,11(13)14)9-3-5-10(15-2)6-4-9/h3-6,8H,7H2,1-2H3,(H3,13,14). The lowest BCUT2D eigenvalue weighted by Crippen LogP contribution is -2.29. The maximum atomic E-state index is 7.67. The fourth-order valence-electron chi connectivity index (χ4n) is 2.25.